The second kappa shape index (κ2) is 5.33. The number of rotatable bonds is 3. The minimum Gasteiger partial charge on any atom is -0.336 e. The third kappa shape index (κ3) is 3.16. The zero-order valence-electron chi connectivity index (χ0n) is 12.1. The van der Waals surface area contributed by atoms with Crippen molar-refractivity contribution in [2.45, 2.75) is 51.6 Å². The Balaban J connectivity index is 1.97. The van der Waals surface area contributed by atoms with Gasteiger partial charge in [0.15, 0.2) is 0 Å². The molecule has 0 bridgehead atoms. The lowest BCUT2D eigenvalue weighted by Crippen LogP contribution is -2.43. The maximum atomic E-state index is 12.4. The minimum atomic E-state index is -0.0950. The molecule has 19 heavy (non-hydrogen) atoms. The van der Waals surface area contributed by atoms with Crippen LogP contribution in [0.25, 0.3) is 0 Å². The van der Waals surface area contributed by atoms with E-state index in [1.807, 2.05) is 17.0 Å². The highest BCUT2D eigenvalue weighted by molar-refractivity contribution is 5.77. The summed E-state index contributed by atoms with van der Waals surface area (Å²) >= 11 is 0. The second-order valence-electron chi connectivity index (χ2n) is 6.21. The number of nitrogens with two attached hydrogens (primary N) is 1. The molecule has 1 heterocycles. The molecular weight excluding hydrogens is 236 g/mol. The monoisotopic (exact) mass is 260 g/mol. The van der Waals surface area contributed by atoms with E-state index in [2.05, 4.69) is 32.9 Å². The number of benzene rings is 1. The van der Waals surface area contributed by atoms with Gasteiger partial charge in [-0.2, -0.15) is 0 Å². The summed E-state index contributed by atoms with van der Waals surface area (Å²) in [4.78, 5) is 14.3. The van der Waals surface area contributed by atoms with Crippen LogP contribution in [0.3, 0.4) is 0 Å². The summed E-state index contributed by atoms with van der Waals surface area (Å²) in [6.07, 6.45) is 2.28. The molecule has 0 spiro atoms. The van der Waals surface area contributed by atoms with Gasteiger partial charge in [0.05, 0.1) is 0 Å². The van der Waals surface area contributed by atoms with E-state index in [4.69, 9.17) is 5.73 Å². The number of carbonyl (C=O) groups is 1. The molecule has 0 aromatic heterocycles. The minimum absolute atomic E-state index is 0.0950. The SMILES string of the molecule is Cc1ccccc1CCC(=O)N1CC(N)CC1(C)C. The van der Waals surface area contributed by atoms with Gasteiger partial charge in [0.2, 0.25) is 5.91 Å². The van der Waals surface area contributed by atoms with Crippen LogP contribution in [0.2, 0.25) is 0 Å². The number of amides is 1. The summed E-state index contributed by atoms with van der Waals surface area (Å²) in [5.74, 6) is 0.223. The molecule has 1 unspecified atom stereocenters. The van der Waals surface area contributed by atoms with Crippen molar-refractivity contribution in [1.29, 1.82) is 0 Å². The molecule has 1 fully saturated rings. The number of nitrogens with zero attached hydrogens (tertiary/aromatic N) is 1. The quantitative estimate of drug-likeness (QED) is 0.906. The van der Waals surface area contributed by atoms with E-state index in [0.29, 0.717) is 13.0 Å². The molecule has 1 saturated heterocycles. The van der Waals surface area contributed by atoms with Gasteiger partial charge in [-0.05, 0) is 44.7 Å². The number of likely N-dealkylation sites (tertiary alicyclic amines) is 1. The summed E-state index contributed by atoms with van der Waals surface area (Å²) in [6, 6.07) is 8.38. The maximum absolute atomic E-state index is 12.4. The molecule has 2 N–H and O–H groups in total. The highest BCUT2D eigenvalue weighted by Crippen LogP contribution is 2.28. The molecule has 3 nitrogen and oxygen atoms in total. The van der Waals surface area contributed by atoms with E-state index in [-0.39, 0.29) is 17.5 Å². The first kappa shape index (κ1) is 14.1. The fourth-order valence-electron chi connectivity index (χ4n) is 3.00. The Bertz CT molecular complexity index is 468. The van der Waals surface area contributed by atoms with E-state index in [0.717, 1.165) is 12.8 Å². The molecular formula is C16H24N2O. The summed E-state index contributed by atoms with van der Waals surface area (Å²) in [5, 5.41) is 0. The van der Waals surface area contributed by atoms with Crippen LogP contribution in [0.15, 0.2) is 24.3 Å². The third-order valence-electron chi connectivity index (χ3n) is 4.08. The molecule has 1 amide bonds. The van der Waals surface area contributed by atoms with Crippen LogP contribution in [0, 0.1) is 6.92 Å². The first-order valence-corrected chi connectivity index (χ1v) is 7.01. The van der Waals surface area contributed by atoms with Crippen molar-refractivity contribution in [3.8, 4) is 0 Å². The zero-order chi connectivity index (χ0) is 14.0. The lowest BCUT2D eigenvalue weighted by molar-refractivity contribution is -0.134. The van der Waals surface area contributed by atoms with Gasteiger partial charge in [0.1, 0.15) is 0 Å². The van der Waals surface area contributed by atoms with Gasteiger partial charge in [-0.15, -0.1) is 0 Å². The molecule has 1 aliphatic rings. The van der Waals surface area contributed by atoms with Gasteiger partial charge >= 0.3 is 0 Å². The number of hydrogen-bond acceptors (Lipinski definition) is 2. The van der Waals surface area contributed by atoms with E-state index >= 15 is 0 Å². The van der Waals surface area contributed by atoms with Gasteiger partial charge in [-0.25, -0.2) is 0 Å². The Morgan fingerprint density at radius 3 is 2.68 bits per heavy atom. The Morgan fingerprint density at radius 2 is 2.11 bits per heavy atom. The fraction of sp³-hybridized carbons (Fsp3) is 0.562. The highest BCUT2D eigenvalue weighted by atomic mass is 16.2. The lowest BCUT2D eigenvalue weighted by atomic mass is 9.99. The number of aryl methyl sites for hydroxylation is 2. The topological polar surface area (TPSA) is 46.3 Å². The summed E-state index contributed by atoms with van der Waals surface area (Å²) < 4.78 is 0. The van der Waals surface area contributed by atoms with Crippen LogP contribution >= 0.6 is 0 Å². The van der Waals surface area contributed by atoms with Crippen LogP contribution in [0.5, 0.6) is 0 Å². The Kier molecular flexibility index (Phi) is 3.95. The maximum Gasteiger partial charge on any atom is 0.223 e. The molecule has 0 radical (unpaired) electrons. The van der Waals surface area contributed by atoms with Crippen LogP contribution in [0.1, 0.15) is 37.8 Å². The van der Waals surface area contributed by atoms with E-state index in [9.17, 15) is 4.79 Å². The van der Waals surface area contributed by atoms with Gasteiger partial charge in [-0.3, -0.25) is 4.79 Å². The number of hydrogen-bond donors (Lipinski definition) is 1. The third-order valence-corrected chi connectivity index (χ3v) is 4.08. The van der Waals surface area contributed by atoms with Crippen LogP contribution < -0.4 is 5.73 Å². The Hall–Kier alpha value is -1.35. The van der Waals surface area contributed by atoms with Crippen molar-refractivity contribution >= 4 is 5.91 Å². The van der Waals surface area contributed by atoms with Crippen molar-refractivity contribution in [1.82, 2.24) is 4.90 Å². The van der Waals surface area contributed by atoms with Crippen molar-refractivity contribution < 1.29 is 4.79 Å². The van der Waals surface area contributed by atoms with E-state index < -0.39 is 0 Å². The average molecular weight is 260 g/mol. The molecule has 1 aromatic rings. The van der Waals surface area contributed by atoms with Crippen molar-refractivity contribution in [3.05, 3.63) is 35.4 Å². The summed E-state index contributed by atoms with van der Waals surface area (Å²) in [7, 11) is 0. The Labute approximate surface area is 115 Å². The summed E-state index contributed by atoms with van der Waals surface area (Å²) in [5.41, 5.74) is 8.40. The van der Waals surface area contributed by atoms with Gasteiger partial charge in [0, 0.05) is 24.5 Å². The predicted octanol–water partition coefficient (Wildman–Crippen LogP) is 2.27. The van der Waals surface area contributed by atoms with Crippen LogP contribution in [0.4, 0.5) is 0 Å². The molecule has 2 rings (SSSR count). The number of carbonyl (C=O) groups excluding carboxylic acids is 1. The molecule has 104 valence electrons. The van der Waals surface area contributed by atoms with Gasteiger partial charge < -0.3 is 10.6 Å². The Morgan fingerprint density at radius 1 is 1.42 bits per heavy atom. The molecule has 0 aliphatic carbocycles. The normalized spacial score (nSPS) is 21.7. The van der Waals surface area contributed by atoms with Gasteiger partial charge in [0.25, 0.3) is 0 Å². The van der Waals surface area contributed by atoms with E-state index in [1.165, 1.54) is 11.1 Å². The standard InChI is InChI=1S/C16H24N2O/c1-12-6-4-5-7-13(12)8-9-15(19)18-11-14(17)10-16(18,2)3/h4-7,14H,8-11,17H2,1-3H3. The highest BCUT2D eigenvalue weighted by Gasteiger charge is 2.39. The second-order valence-corrected chi connectivity index (χ2v) is 6.21. The van der Waals surface area contributed by atoms with Crippen LogP contribution in [-0.2, 0) is 11.2 Å². The predicted molar refractivity (Wildman–Crippen MR) is 77.9 cm³/mol. The first-order chi connectivity index (χ1) is 8.90. The zero-order valence-corrected chi connectivity index (χ0v) is 12.1. The molecule has 1 aliphatic heterocycles. The molecule has 1 atom stereocenters. The van der Waals surface area contributed by atoms with Crippen molar-refractivity contribution in [3.63, 3.8) is 0 Å². The molecule has 3 heteroatoms. The van der Waals surface area contributed by atoms with Crippen molar-refractivity contribution in [2.24, 2.45) is 5.73 Å². The first-order valence-electron chi connectivity index (χ1n) is 7.01. The summed E-state index contributed by atoms with van der Waals surface area (Å²) in [6.45, 7) is 6.99. The molecule has 0 saturated carbocycles. The average Bonchev–Trinajstić information content (AvgIpc) is 2.61. The van der Waals surface area contributed by atoms with Crippen LogP contribution in [-0.4, -0.2) is 28.9 Å². The lowest BCUT2D eigenvalue weighted by Gasteiger charge is -2.31. The van der Waals surface area contributed by atoms with E-state index in [1.54, 1.807) is 0 Å². The van der Waals surface area contributed by atoms with Crippen molar-refractivity contribution in [2.75, 3.05) is 6.54 Å². The largest absolute Gasteiger partial charge is 0.336 e. The fourth-order valence-corrected chi connectivity index (χ4v) is 3.00. The smallest absolute Gasteiger partial charge is 0.223 e. The molecule has 1 aromatic carbocycles. The van der Waals surface area contributed by atoms with Gasteiger partial charge in [-0.1, -0.05) is 24.3 Å².